The third kappa shape index (κ3) is 2.53. The first-order chi connectivity index (χ1) is 11.1. The molecule has 1 heterocycles. The number of cyclic esters (lactones) is 1. The molecule has 1 saturated carbocycles. The van der Waals surface area contributed by atoms with Crippen LogP contribution in [0.5, 0.6) is 0 Å². The van der Waals surface area contributed by atoms with Crippen molar-refractivity contribution in [1.82, 2.24) is 4.90 Å². The Bertz CT molecular complexity index is 588. The van der Waals surface area contributed by atoms with E-state index in [-0.39, 0.29) is 24.0 Å². The summed E-state index contributed by atoms with van der Waals surface area (Å²) in [5.74, 6) is 0.0879. The van der Waals surface area contributed by atoms with Gasteiger partial charge in [0.2, 0.25) is 0 Å². The van der Waals surface area contributed by atoms with E-state index >= 15 is 0 Å². The lowest BCUT2D eigenvalue weighted by Gasteiger charge is -2.50. The van der Waals surface area contributed by atoms with Crippen LogP contribution in [0.1, 0.15) is 44.2 Å². The van der Waals surface area contributed by atoms with Crippen LogP contribution in [0.15, 0.2) is 30.3 Å². The van der Waals surface area contributed by atoms with Gasteiger partial charge in [0, 0.05) is 13.5 Å². The van der Waals surface area contributed by atoms with Gasteiger partial charge in [-0.15, -0.1) is 0 Å². The minimum Gasteiger partial charge on any atom is -0.447 e. The molecule has 0 radical (unpaired) electrons. The second-order valence-electron chi connectivity index (χ2n) is 6.25. The van der Waals surface area contributed by atoms with Crippen molar-refractivity contribution in [3.8, 4) is 0 Å². The van der Waals surface area contributed by atoms with Gasteiger partial charge in [0.1, 0.15) is 12.2 Å². The molecule has 3 atom stereocenters. The molecule has 2 fully saturated rings. The van der Waals surface area contributed by atoms with Gasteiger partial charge in [-0.2, -0.15) is 0 Å². The van der Waals surface area contributed by atoms with Crippen LogP contribution >= 0.6 is 0 Å². The van der Waals surface area contributed by atoms with Gasteiger partial charge in [0.05, 0.1) is 12.1 Å². The highest BCUT2D eigenvalue weighted by molar-refractivity contribution is 5.96. The SMILES string of the molecule is CCCC[C@]1(OC)C(=O)C[C@@H]1N1C(=O)OC[C@@H]1c1ccccc1. The van der Waals surface area contributed by atoms with Gasteiger partial charge >= 0.3 is 6.09 Å². The minimum atomic E-state index is -0.869. The normalized spacial score (nSPS) is 30.3. The maximum atomic E-state index is 12.3. The van der Waals surface area contributed by atoms with Crippen LogP contribution < -0.4 is 0 Å². The Kier molecular flexibility index (Phi) is 4.39. The molecule has 1 aliphatic heterocycles. The first kappa shape index (κ1) is 16.0. The maximum Gasteiger partial charge on any atom is 0.410 e. The smallest absolute Gasteiger partial charge is 0.410 e. The zero-order chi connectivity index (χ0) is 16.4. The second kappa shape index (κ2) is 6.32. The Hall–Kier alpha value is -1.88. The van der Waals surface area contributed by atoms with E-state index in [1.807, 2.05) is 30.3 Å². The number of hydrogen-bond donors (Lipinski definition) is 0. The molecule has 1 aliphatic carbocycles. The third-order valence-electron chi connectivity index (χ3n) is 5.09. The van der Waals surface area contributed by atoms with Gasteiger partial charge in [0.15, 0.2) is 5.78 Å². The summed E-state index contributed by atoms with van der Waals surface area (Å²) < 4.78 is 10.9. The van der Waals surface area contributed by atoms with Crippen molar-refractivity contribution < 1.29 is 19.1 Å². The summed E-state index contributed by atoms with van der Waals surface area (Å²) in [6.07, 6.45) is 2.52. The van der Waals surface area contributed by atoms with Crippen molar-refractivity contribution in [2.45, 2.75) is 50.3 Å². The summed E-state index contributed by atoms with van der Waals surface area (Å²) in [4.78, 5) is 26.3. The number of amides is 1. The number of rotatable bonds is 6. The molecule has 1 aromatic rings. The number of benzene rings is 1. The van der Waals surface area contributed by atoms with Gasteiger partial charge in [-0.1, -0.05) is 50.1 Å². The molecule has 2 aliphatic rings. The number of nitrogens with zero attached hydrogens (tertiary/aromatic N) is 1. The van der Waals surface area contributed by atoms with Gasteiger partial charge in [-0.25, -0.2) is 4.79 Å². The minimum absolute atomic E-state index is 0.0879. The monoisotopic (exact) mass is 317 g/mol. The molecule has 1 amide bonds. The Morgan fingerprint density at radius 1 is 1.30 bits per heavy atom. The van der Waals surface area contributed by atoms with Crippen LogP contribution in [0, 0.1) is 0 Å². The highest BCUT2D eigenvalue weighted by Crippen LogP contribution is 2.45. The highest BCUT2D eigenvalue weighted by Gasteiger charge is 2.61. The number of ketones is 1. The number of hydrogen-bond acceptors (Lipinski definition) is 4. The summed E-state index contributed by atoms with van der Waals surface area (Å²) in [5, 5.41) is 0. The van der Waals surface area contributed by atoms with E-state index in [1.165, 1.54) is 0 Å². The standard InChI is InChI=1S/C18H23NO4/c1-3-4-10-18(22-2)15(11-16(18)20)19-14(12-23-17(19)21)13-8-6-5-7-9-13/h5-9,14-15H,3-4,10-12H2,1-2H3/t14-,15+,18-/m1/s1. The lowest BCUT2D eigenvalue weighted by atomic mass is 9.69. The third-order valence-corrected chi connectivity index (χ3v) is 5.09. The van der Waals surface area contributed by atoms with E-state index < -0.39 is 5.60 Å². The second-order valence-corrected chi connectivity index (χ2v) is 6.25. The van der Waals surface area contributed by atoms with Crippen LogP contribution in [0.3, 0.4) is 0 Å². The number of carbonyl (C=O) groups is 2. The van der Waals surface area contributed by atoms with Crippen LogP contribution in [0.25, 0.3) is 0 Å². The highest BCUT2D eigenvalue weighted by atomic mass is 16.6. The van der Waals surface area contributed by atoms with Crippen LogP contribution in [-0.2, 0) is 14.3 Å². The van der Waals surface area contributed by atoms with Gasteiger partial charge in [-0.05, 0) is 12.0 Å². The molecule has 5 heteroatoms. The predicted molar refractivity (Wildman–Crippen MR) is 85.0 cm³/mol. The van der Waals surface area contributed by atoms with E-state index in [2.05, 4.69) is 6.92 Å². The van der Waals surface area contributed by atoms with E-state index in [0.29, 0.717) is 19.4 Å². The molecular weight excluding hydrogens is 294 g/mol. The lowest BCUT2D eigenvalue weighted by molar-refractivity contribution is -0.173. The van der Waals surface area contributed by atoms with Crippen molar-refractivity contribution >= 4 is 11.9 Å². The molecule has 1 aromatic carbocycles. The average Bonchev–Trinajstić information content (AvgIpc) is 2.95. The van der Waals surface area contributed by atoms with Crippen LogP contribution in [-0.4, -0.2) is 42.1 Å². The molecule has 1 saturated heterocycles. The molecule has 3 rings (SSSR count). The maximum absolute atomic E-state index is 12.3. The summed E-state index contributed by atoms with van der Waals surface area (Å²) >= 11 is 0. The van der Waals surface area contributed by atoms with E-state index in [0.717, 1.165) is 18.4 Å². The van der Waals surface area contributed by atoms with Gasteiger partial charge in [0.25, 0.3) is 0 Å². The zero-order valence-electron chi connectivity index (χ0n) is 13.7. The van der Waals surface area contributed by atoms with E-state index in [1.54, 1.807) is 12.0 Å². The topological polar surface area (TPSA) is 55.8 Å². The molecule has 0 aromatic heterocycles. The van der Waals surface area contributed by atoms with E-state index in [4.69, 9.17) is 9.47 Å². The summed E-state index contributed by atoms with van der Waals surface area (Å²) in [6, 6.07) is 9.41. The number of carbonyl (C=O) groups excluding carboxylic acids is 2. The van der Waals surface area contributed by atoms with E-state index in [9.17, 15) is 9.59 Å². The van der Waals surface area contributed by atoms with Gasteiger partial charge in [-0.3, -0.25) is 9.69 Å². The molecule has 23 heavy (non-hydrogen) atoms. The van der Waals surface area contributed by atoms with Crippen molar-refractivity contribution in [3.05, 3.63) is 35.9 Å². The first-order valence-electron chi connectivity index (χ1n) is 8.22. The largest absolute Gasteiger partial charge is 0.447 e. The number of methoxy groups -OCH3 is 1. The van der Waals surface area contributed by atoms with Crippen molar-refractivity contribution in [1.29, 1.82) is 0 Å². The quantitative estimate of drug-likeness (QED) is 0.809. The number of Topliss-reactive ketones (excluding diaryl/α,β-unsaturated/α-hetero) is 1. The average molecular weight is 317 g/mol. The first-order valence-corrected chi connectivity index (χ1v) is 8.22. The lowest BCUT2D eigenvalue weighted by Crippen LogP contribution is -2.68. The molecule has 0 spiro atoms. The Morgan fingerprint density at radius 3 is 2.65 bits per heavy atom. The fraction of sp³-hybridized carbons (Fsp3) is 0.556. The summed E-state index contributed by atoms with van der Waals surface area (Å²) in [5.41, 5.74) is 0.157. The fourth-order valence-electron chi connectivity index (χ4n) is 3.70. The molecule has 0 bridgehead atoms. The Labute approximate surface area is 136 Å². The van der Waals surface area contributed by atoms with Crippen molar-refractivity contribution in [3.63, 3.8) is 0 Å². The molecular formula is C18H23NO4. The Balaban J connectivity index is 1.88. The van der Waals surface area contributed by atoms with Gasteiger partial charge < -0.3 is 9.47 Å². The molecule has 0 unspecified atom stereocenters. The Morgan fingerprint density at radius 2 is 2.04 bits per heavy atom. The summed E-state index contributed by atoms with van der Waals surface area (Å²) in [7, 11) is 1.57. The molecule has 124 valence electrons. The molecule has 0 N–H and O–H groups in total. The predicted octanol–water partition coefficient (Wildman–Crippen LogP) is 3.10. The fourth-order valence-corrected chi connectivity index (χ4v) is 3.70. The number of ether oxygens (including phenoxy) is 2. The van der Waals surface area contributed by atoms with Crippen LogP contribution in [0.2, 0.25) is 0 Å². The van der Waals surface area contributed by atoms with Crippen molar-refractivity contribution in [2.24, 2.45) is 0 Å². The summed E-state index contributed by atoms with van der Waals surface area (Å²) in [6.45, 7) is 2.40. The zero-order valence-corrected chi connectivity index (χ0v) is 13.7. The molecule has 5 nitrogen and oxygen atoms in total. The van der Waals surface area contributed by atoms with Crippen LogP contribution in [0.4, 0.5) is 4.79 Å². The number of unbranched alkanes of at least 4 members (excludes halogenated alkanes) is 1. The van der Waals surface area contributed by atoms with Crippen molar-refractivity contribution in [2.75, 3.05) is 13.7 Å².